The highest BCUT2D eigenvalue weighted by atomic mass is 35.5. The van der Waals surface area contributed by atoms with Gasteiger partial charge in [0.25, 0.3) is 0 Å². The molecular weight excluding hydrogens is 564 g/mol. The van der Waals surface area contributed by atoms with Gasteiger partial charge in [-0.15, -0.1) is 12.4 Å². The van der Waals surface area contributed by atoms with E-state index in [-0.39, 0.29) is 74.2 Å². The molecule has 2 amide bonds. The Balaban J connectivity index is 0.00000441. The molecule has 2 aliphatic rings. The summed E-state index contributed by atoms with van der Waals surface area (Å²) in [6.45, 7) is 0.0400. The summed E-state index contributed by atoms with van der Waals surface area (Å²) >= 11 is 0. The second-order valence-electron chi connectivity index (χ2n) is 9.41. The molecule has 4 rings (SSSR count). The molecule has 0 radical (unpaired) electrons. The number of methoxy groups -OCH3 is 1. The van der Waals surface area contributed by atoms with E-state index >= 15 is 0 Å². The van der Waals surface area contributed by atoms with E-state index in [1.54, 1.807) is 24.3 Å². The van der Waals surface area contributed by atoms with E-state index in [0.717, 1.165) is 5.56 Å². The van der Waals surface area contributed by atoms with Gasteiger partial charge in [0.1, 0.15) is 24.7 Å². The summed E-state index contributed by atoms with van der Waals surface area (Å²) in [5.41, 5.74) is 6.58. The minimum absolute atomic E-state index is 0. The van der Waals surface area contributed by atoms with Crippen LogP contribution < -0.4 is 10.5 Å². The summed E-state index contributed by atoms with van der Waals surface area (Å²) in [7, 11) is -1.91. The zero-order valence-electron chi connectivity index (χ0n) is 21.8. The molecule has 2 fully saturated rings. The van der Waals surface area contributed by atoms with Gasteiger partial charge in [0, 0.05) is 31.0 Å². The van der Waals surface area contributed by atoms with Gasteiger partial charge in [0.2, 0.25) is 11.8 Å². The van der Waals surface area contributed by atoms with E-state index in [9.17, 15) is 22.8 Å². The number of sulfone groups is 1. The first kappa shape index (κ1) is 30.8. The first-order valence-electron chi connectivity index (χ1n) is 12.3. The van der Waals surface area contributed by atoms with E-state index in [1.165, 1.54) is 29.3 Å². The van der Waals surface area contributed by atoms with Crippen LogP contribution in [0.15, 0.2) is 36.7 Å². The fourth-order valence-corrected chi connectivity index (χ4v) is 5.71. The van der Waals surface area contributed by atoms with Crippen molar-refractivity contribution in [1.29, 1.82) is 5.41 Å². The molecule has 2 aliphatic heterocycles. The number of aromatic nitrogens is 2. The average Bonchev–Trinajstić information content (AvgIpc) is 3.21. The number of hydrogen-bond acceptors (Lipinski definition) is 10. The molecule has 13 nitrogen and oxygen atoms in total. The van der Waals surface area contributed by atoms with Crippen LogP contribution in [0.25, 0.3) is 11.4 Å². The lowest BCUT2D eigenvalue weighted by Gasteiger charge is -2.30. The van der Waals surface area contributed by atoms with Crippen molar-refractivity contribution in [3.63, 3.8) is 0 Å². The molecule has 2 aromatic rings. The highest BCUT2D eigenvalue weighted by molar-refractivity contribution is 7.91. The number of carbonyl (C=O) groups is 3. The van der Waals surface area contributed by atoms with Gasteiger partial charge in [-0.2, -0.15) is 0 Å². The van der Waals surface area contributed by atoms with Gasteiger partial charge in [-0.3, -0.25) is 19.8 Å². The van der Waals surface area contributed by atoms with Crippen LogP contribution in [0.2, 0.25) is 0 Å². The fraction of sp³-hybridized carbons (Fsp3) is 0.440. The van der Waals surface area contributed by atoms with Crippen molar-refractivity contribution >= 4 is 45.9 Å². The number of nitrogen functional groups attached to an aromatic ring is 1. The zero-order valence-corrected chi connectivity index (χ0v) is 23.4. The van der Waals surface area contributed by atoms with Gasteiger partial charge in [-0.1, -0.05) is 0 Å². The van der Waals surface area contributed by atoms with Crippen molar-refractivity contribution < 1.29 is 32.3 Å². The third-order valence-corrected chi connectivity index (χ3v) is 8.40. The maximum atomic E-state index is 13.1. The summed E-state index contributed by atoms with van der Waals surface area (Å²) in [5, 5.41) is 7.43. The number of nitrogens with one attached hydrogen (secondary N) is 1. The number of nitrogens with zero attached hydrogens (tertiary/aromatic N) is 4. The monoisotopic (exact) mass is 594 g/mol. The Hall–Kier alpha value is -3.78. The smallest absolute Gasteiger partial charge is 0.306 e. The Bertz CT molecular complexity index is 1340. The lowest BCUT2D eigenvalue weighted by Crippen LogP contribution is -2.50. The summed E-state index contributed by atoms with van der Waals surface area (Å²) in [5.74, 6) is -1.20. The van der Waals surface area contributed by atoms with Gasteiger partial charge in [-0.25, -0.2) is 18.4 Å². The molecule has 2 atom stereocenters. The molecular formula is C25H31ClN6O7S. The highest BCUT2D eigenvalue weighted by Crippen LogP contribution is 2.29. The van der Waals surface area contributed by atoms with Gasteiger partial charge >= 0.3 is 5.97 Å². The van der Waals surface area contributed by atoms with E-state index in [0.29, 0.717) is 23.6 Å². The molecule has 216 valence electrons. The van der Waals surface area contributed by atoms with Crippen LogP contribution in [0.3, 0.4) is 0 Å². The number of hydrogen-bond donors (Lipinski definition) is 2. The minimum atomic E-state index is -3.16. The van der Waals surface area contributed by atoms with Gasteiger partial charge < -0.3 is 25.0 Å². The molecule has 3 N–H and O–H groups in total. The number of benzene rings is 1. The lowest BCUT2D eigenvalue weighted by atomic mass is 10.0. The van der Waals surface area contributed by atoms with Crippen LogP contribution in [-0.4, -0.2) is 103 Å². The van der Waals surface area contributed by atoms with Crippen molar-refractivity contribution in [3.8, 4) is 17.1 Å². The molecule has 1 aromatic carbocycles. The summed E-state index contributed by atoms with van der Waals surface area (Å²) in [4.78, 5) is 49.2. The summed E-state index contributed by atoms with van der Waals surface area (Å²) < 4.78 is 34.1. The van der Waals surface area contributed by atoms with E-state index < -0.39 is 27.8 Å². The summed E-state index contributed by atoms with van der Waals surface area (Å²) in [6, 6.07) is 6.52. The molecule has 15 heteroatoms. The molecule has 2 saturated heterocycles. The number of amides is 2. The number of amidine groups is 1. The van der Waals surface area contributed by atoms with E-state index in [2.05, 4.69) is 9.97 Å². The van der Waals surface area contributed by atoms with Crippen LogP contribution in [-0.2, 0) is 29.0 Å². The highest BCUT2D eigenvalue weighted by Gasteiger charge is 2.42. The Labute approximate surface area is 237 Å². The van der Waals surface area contributed by atoms with Crippen molar-refractivity contribution in [2.45, 2.75) is 18.9 Å². The standard InChI is InChI=1S/C25H30N6O7S.ClH/c1-37-22(33)11-17-10-19(31(25(17)34)14-21(32)30-6-8-39(35,36)9-7-30)15-38-20-4-2-16(3-5-20)24-28-12-18(13-29-24)23(26)27;/h2-5,12-13,17,19H,6-11,14-15H2,1H3,(H3,26,27);1H/t17-,19-;/m0./s1. The SMILES string of the molecule is COC(=O)C[C@@H]1C[C@@H](COc2ccc(-c3ncc(C(=N)N)cn3)cc2)N(CC(=O)N2CCS(=O)(=O)CC2)C1=O.Cl. The van der Waals surface area contributed by atoms with Crippen molar-refractivity contribution in [2.75, 3.05) is 44.9 Å². The lowest BCUT2D eigenvalue weighted by molar-refractivity contribution is -0.146. The number of ether oxygens (including phenoxy) is 2. The maximum Gasteiger partial charge on any atom is 0.306 e. The summed E-state index contributed by atoms with van der Waals surface area (Å²) in [6.07, 6.45) is 3.14. The van der Waals surface area contributed by atoms with Gasteiger partial charge in [-0.05, 0) is 30.7 Å². The number of carbonyl (C=O) groups excluding carboxylic acids is 3. The quantitative estimate of drug-likeness (QED) is 0.232. The molecule has 0 bridgehead atoms. The topological polar surface area (TPSA) is 186 Å². The number of halogens is 1. The van der Waals surface area contributed by atoms with Gasteiger partial charge in [0.15, 0.2) is 15.7 Å². The fourth-order valence-electron chi connectivity index (χ4n) is 4.51. The Kier molecular flexibility index (Phi) is 10.0. The predicted molar refractivity (Wildman–Crippen MR) is 147 cm³/mol. The van der Waals surface area contributed by atoms with E-state index in [1.807, 2.05) is 0 Å². The zero-order chi connectivity index (χ0) is 28.2. The predicted octanol–water partition coefficient (Wildman–Crippen LogP) is 0.265. The molecule has 40 heavy (non-hydrogen) atoms. The first-order valence-corrected chi connectivity index (χ1v) is 14.1. The largest absolute Gasteiger partial charge is 0.491 e. The Morgan fingerprint density at radius 3 is 2.33 bits per heavy atom. The number of nitrogens with two attached hydrogens (primary N) is 1. The van der Waals surface area contributed by atoms with E-state index in [4.69, 9.17) is 20.6 Å². The minimum Gasteiger partial charge on any atom is -0.491 e. The molecule has 1 aromatic heterocycles. The molecule has 0 unspecified atom stereocenters. The maximum absolute atomic E-state index is 13.1. The molecule has 0 aliphatic carbocycles. The third-order valence-electron chi connectivity index (χ3n) is 6.79. The Morgan fingerprint density at radius 1 is 1.12 bits per heavy atom. The first-order chi connectivity index (χ1) is 18.6. The van der Waals surface area contributed by atoms with Crippen molar-refractivity contribution in [1.82, 2.24) is 19.8 Å². The second-order valence-corrected chi connectivity index (χ2v) is 11.7. The van der Waals surface area contributed by atoms with Crippen molar-refractivity contribution in [3.05, 3.63) is 42.2 Å². The van der Waals surface area contributed by atoms with Crippen LogP contribution in [0.5, 0.6) is 5.75 Å². The second kappa shape index (κ2) is 13.0. The Morgan fingerprint density at radius 2 is 1.75 bits per heavy atom. The molecule has 0 spiro atoms. The average molecular weight is 595 g/mol. The van der Waals surface area contributed by atoms with Crippen LogP contribution >= 0.6 is 12.4 Å². The van der Waals surface area contributed by atoms with Gasteiger partial charge in [0.05, 0.1) is 42.6 Å². The third kappa shape index (κ3) is 7.45. The van der Waals surface area contributed by atoms with Crippen molar-refractivity contribution in [2.24, 2.45) is 11.7 Å². The molecule has 0 saturated carbocycles. The number of esters is 1. The van der Waals surface area contributed by atoms with Crippen LogP contribution in [0, 0.1) is 11.3 Å². The number of rotatable bonds is 9. The molecule has 3 heterocycles. The van der Waals surface area contributed by atoms with Crippen LogP contribution in [0.4, 0.5) is 0 Å². The number of likely N-dealkylation sites (tertiary alicyclic amines) is 1. The normalized spacial score (nSPS) is 20.0. The van der Waals surface area contributed by atoms with Crippen LogP contribution in [0.1, 0.15) is 18.4 Å².